The van der Waals surface area contributed by atoms with Crippen LogP contribution >= 0.6 is 11.6 Å². The van der Waals surface area contributed by atoms with Gasteiger partial charge in [-0.15, -0.1) is 0 Å². The van der Waals surface area contributed by atoms with E-state index < -0.39 is 46.3 Å². The third kappa shape index (κ3) is 9.12. The molecule has 1 aliphatic carbocycles. The fourth-order valence-electron chi connectivity index (χ4n) is 7.80. The minimum Gasteiger partial charge on any atom is -0.490 e. The maximum Gasteiger partial charge on any atom is 0.335 e. The average molecular weight is 749 g/mol. The van der Waals surface area contributed by atoms with E-state index in [0.717, 1.165) is 30.4 Å². The molecule has 3 N–H and O–H groups in total. The van der Waals surface area contributed by atoms with Gasteiger partial charge in [0.1, 0.15) is 17.6 Å². The van der Waals surface area contributed by atoms with Gasteiger partial charge in [-0.1, -0.05) is 30.7 Å². The predicted octanol–water partition coefficient (Wildman–Crippen LogP) is 4.93. The highest BCUT2D eigenvalue weighted by molar-refractivity contribution is 7.82. The number of carboxylic acid groups (broad SMARTS) is 1. The van der Waals surface area contributed by atoms with Gasteiger partial charge in [0.05, 0.1) is 48.2 Å². The SMILES string of the molecule is COCCN(CCOC)C(=O)C(/C(F)=C/C[C@H](C)CS(N)=O)N1CCCC1N1CC2(CCCc3cc(Cl)ccc32)COc2ccc(C(=O)O)cc21. The summed E-state index contributed by atoms with van der Waals surface area (Å²) in [4.78, 5) is 32.4. The number of nitrogens with two attached hydrogens (primary N) is 1. The van der Waals surface area contributed by atoms with Crippen molar-refractivity contribution in [3.63, 3.8) is 0 Å². The zero-order chi connectivity index (χ0) is 36.7. The van der Waals surface area contributed by atoms with Gasteiger partial charge in [0.25, 0.3) is 0 Å². The van der Waals surface area contributed by atoms with E-state index >= 15 is 4.39 Å². The second-order valence-corrected chi connectivity index (χ2v) is 15.4. The zero-order valence-electron chi connectivity index (χ0n) is 29.7. The van der Waals surface area contributed by atoms with Crippen molar-refractivity contribution in [1.29, 1.82) is 0 Å². The van der Waals surface area contributed by atoms with Crippen LogP contribution in [0.2, 0.25) is 5.02 Å². The summed E-state index contributed by atoms with van der Waals surface area (Å²) in [7, 11) is 1.56. The van der Waals surface area contributed by atoms with E-state index in [1.54, 1.807) is 31.3 Å². The smallest absolute Gasteiger partial charge is 0.335 e. The molecule has 4 unspecified atom stereocenters. The summed E-state index contributed by atoms with van der Waals surface area (Å²) in [5.74, 6) is -1.52. The summed E-state index contributed by atoms with van der Waals surface area (Å²) >= 11 is 6.44. The summed E-state index contributed by atoms with van der Waals surface area (Å²) in [6.07, 6.45) is 5.10. The highest BCUT2D eigenvalue weighted by atomic mass is 35.5. The van der Waals surface area contributed by atoms with E-state index in [1.807, 2.05) is 24.0 Å². The number of methoxy groups -OCH3 is 2. The van der Waals surface area contributed by atoms with Crippen LogP contribution in [-0.2, 0) is 37.1 Å². The second-order valence-electron chi connectivity index (χ2n) is 13.9. The van der Waals surface area contributed by atoms with Crippen LogP contribution in [0, 0.1) is 5.92 Å². The number of carbonyl (C=O) groups excluding carboxylic acids is 1. The number of benzene rings is 2. The number of nitrogens with zero attached hydrogens (tertiary/aromatic N) is 3. The quantitative estimate of drug-likeness (QED) is 0.260. The monoisotopic (exact) mass is 748 g/mol. The Morgan fingerprint density at radius 1 is 1.20 bits per heavy atom. The first-order valence-corrected chi connectivity index (χ1v) is 19.3. The number of aryl methyl sites for hydroxylation is 1. The lowest BCUT2D eigenvalue weighted by molar-refractivity contribution is -0.138. The lowest BCUT2D eigenvalue weighted by Crippen LogP contribution is -2.58. The number of carbonyl (C=O) groups is 2. The minimum atomic E-state index is -1.54. The van der Waals surface area contributed by atoms with Crippen LogP contribution in [0.15, 0.2) is 48.3 Å². The van der Waals surface area contributed by atoms with E-state index in [-0.39, 0.29) is 50.0 Å². The van der Waals surface area contributed by atoms with E-state index in [1.165, 1.54) is 12.1 Å². The molecule has 2 heterocycles. The first-order valence-electron chi connectivity index (χ1n) is 17.5. The third-order valence-corrected chi connectivity index (χ3v) is 11.4. The number of allylic oxidation sites excluding steroid dienone is 1. The number of anilines is 1. The Kier molecular flexibility index (Phi) is 13.5. The average Bonchev–Trinajstić information content (AvgIpc) is 3.51. The van der Waals surface area contributed by atoms with Crippen molar-refractivity contribution in [1.82, 2.24) is 9.80 Å². The normalized spacial score (nSPS) is 22.4. The number of fused-ring (bicyclic) bond motifs is 3. The Labute approximate surface area is 307 Å². The van der Waals surface area contributed by atoms with Crippen LogP contribution in [0.1, 0.15) is 60.5 Å². The Hall–Kier alpha value is -3.07. The fourth-order valence-corrected chi connectivity index (χ4v) is 8.69. The third-order valence-electron chi connectivity index (χ3n) is 10.3. The topological polar surface area (TPSA) is 135 Å². The van der Waals surface area contributed by atoms with Gasteiger partial charge in [-0.2, -0.15) is 0 Å². The van der Waals surface area contributed by atoms with Crippen molar-refractivity contribution in [2.45, 2.75) is 63.1 Å². The van der Waals surface area contributed by atoms with Gasteiger partial charge in [-0.25, -0.2) is 13.4 Å². The molecular formula is C37H50ClFN4O7S. The number of halogens is 2. The van der Waals surface area contributed by atoms with Crippen molar-refractivity contribution < 1.29 is 37.5 Å². The highest BCUT2D eigenvalue weighted by Crippen LogP contribution is 2.46. The molecule has 1 saturated heterocycles. The number of rotatable bonds is 15. The predicted molar refractivity (Wildman–Crippen MR) is 196 cm³/mol. The van der Waals surface area contributed by atoms with Crippen LogP contribution in [0.5, 0.6) is 5.75 Å². The van der Waals surface area contributed by atoms with E-state index in [9.17, 15) is 18.9 Å². The number of ether oxygens (including phenoxy) is 3. The number of amides is 1. The van der Waals surface area contributed by atoms with Crippen molar-refractivity contribution >= 4 is 40.2 Å². The molecule has 3 aliphatic rings. The number of carboxylic acids is 1. The molecule has 280 valence electrons. The maximum atomic E-state index is 16.8. The molecule has 0 radical (unpaired) electrons. The molecule has 2 aromatic rings. The van der Waals surface area contributed by atoms with E-state index in [4.69, 9.17) is 31.0 Å². The van der Waals surface area contributed by atoms with Crippen molar-refractivity contribution in [2.24, 2.45) is 11.1 Å². The largest absolute Gasteiger partial charge is 0.490 e. The summed E-state index contributed by atoms with van der Waals surface area (Å²) in [5, 5.41) is 16.2. The fraction of sp³-hybridized carbons (Fsp3) is 0.568. The van der Waals surface area contributed by atoms with Gasteiger partial charge in [-0.05, 0) is 85.9 Å². The van der Waals surface area contributed by atoms with Gasteiger partial charge in [0.15, 0.2) is 0 Å². The molecule has 0 bridgehead atoms. The second kappa shape index (κ2) is 17.6. The van der Waals surface area contributed by atoms with Crippen LogP contribution < -0.4 is 14.8 Å². The minimum absolute atomic E-state index is 0.106. The molecule has 2 aliphatic heterocycles. The molecule has 5 atom stereocenters. The van der Waals surface area contributed by atoms with Gasteiger partial charge in [0, 0.05) is 56.6 Å². The van der Waals surface area contributed by atoms with E-state index in [0.29, 0.717) is 49.0 Å². The molecule has 0 aromatic heterocycles. The van der Waals surface area contributed by atoms with Crippen LogP contribution in [-0.4, -0.2) is 109 Å². The molecule has 0 saturated carbocycles. The van der Waals surface area contributed by atoms with Crippen molar-refractivity contribution in [2.75, 3.05) is 70.9 Å². The molecule has 2 aromatic carbocycles. The highest BCUT2D eigenvalue weighted by Gasteiger charge is 2.48. The standard InChI is InChI=1S/C37H50ClFN4O7S/c1-25(22-51(40)47)8-12-30(39)34(35(44)41(16-18-48-2)17-19-49-3)42-15-5-7-33(42)43-23-37(14-4-6-26-20-28(38)10-11-29(26)37)24-50-32-13-9-27(36(45)46)21-31(32)43/h9-13,20-21,25,33-34H,4-8,14-19,22-24,40H2,1-3H3,(H,45,46)/b30-12-/t25-,33?,34?,37?,51?/m0/s1. The molecular weight excluding hydrogens is 699 g/mol. The summed E-state index contributed by atoms with van der Waals surface area (Å²) in [5.41, 5.74) is 2.51. The molecule has 5 rings (SSSR count). The Bertz CT molecular complexity index is 1610. The van der Waals surface area contributed by atoms with Crippen LogP contribution in [0.4, 0.5) is 10.1 Å². The summed E-state index contributed by atoms with van der Waals surface area (Å²) < 4.78 is 45.7. The first kappa shape index (κ1) is 39.1. The number of hydrogen-bond donors (Lipinski definition) is 2. The molecule has 51 heavy (non-hydrogen) atoms. The number of aromatic carboxylic acids is 1. The van der Waals surface area contributed by atoms with Gasteiger partial charge in [-0.3, -0.25) is 14.8 Å². The molecule has 1 spiro atoms. The number of likely N-dealkylation sites (tertiary alicyclic amines) is 1. The van der Waals surface area contributed by atoms with Crippen LogP contribution in [0.25, 0.3) is 0 Å². The Balaban J connectivity index is 1.61. The summed E-state index contributed by atoms with van der Waals surface area (Å²) in [6.45, 7) is 4.11. The summed E-state index contributed by atoms with van der Waals surface area (Å²) in [6, 6.07) is 9.55. The first-order chi connectivity index (χ1) is 24.5. The zero-order valence-corrected chi connectivity index (χ0v) is 31.2. The maximum absolute atomic E-state index is 16.8. The van der Waals surface area contributed by atoms with Crippen molar-refractivity contribution in [3.05, 3.63) is 70.0 Å². The van der Waals surface area contributed by atoms with Gasteiger partial charge < -0.3 is 29.1 Å². The molecule has 1 amide bonds. The number of hydrogen-bond acceptors (Lipinski definition) is 8. The Morgan fingerprint density at radius 3 is 2.63 bits per heavy atom. The van der Waals surface area contributed by atoms with Crippen molar-refractivity contribution in [3.8, 4) is 5.75 Å². The van der Waals surface area contributed by atoms with Crippen LogP contribution in [0.3, 0.4) is 0 Å². The lowest BCUT2D eigenvalue weighted by atomic mass is 9.70. The molecule has 11 nitrogen and oxygen atoms in total. The van der Waals surface area contributed by atoms with E-state index in [2.05, 4.69) is 11.0 Å². The van der Waals surface area contributed by atoms with Gasteiger partial charge in [0.2, 0.25) is 5.91 Å². The molecule has 1 fully saturated rings. The lowest BCUT2D eigenvalue weighted by Gasteiger charge is -2.45. The Morgan fingerprint density at radius 2 is 1.94 bits per heavy atom. The molecule has 14 heteroatoms. The van der Waals surface area contributed by atoms with Gasteiger partial charge >= 0.3 is 5.97 Å².